The van der Waals surface area contributed by atoms with E-state index >= 15 is 0 Å². The van der Waals surface area contributed by atoms with Gasteiger partial charge in [0.1, 0.15) is 0 Å². The lowest BCUT2D eigenvalue weighted by atomic mass is 10.2. The second-order valence-corrected chi connectivity index (χ2v) is 3.66. The molecule has 0 bridgehead atoms. The molecule has 1 amide bonds. The Balaban J connectivity index is 0.000000424. The molecule has 1 aliphatic heterocycles. The van der Waals surface area contributed by atoms with E-state index in [0.717, 1.165) is 26.0 Å². The van der Waals surface area contributed by atoms with E-state index in [0.29, 0.717) is 6.04 Å². The van der Waals surface area contributed by atoms with Gasteiger partial charge in [-0.15, -0.1) is 0 Å². The first kappa shape index (κ1) is 12.4. The second kappa shape index (κ2) is 6.89. The van der Waals surface area contributed by atoms with Crippen molar-refractivity contribution in [1.29, 1.82) is 0 Å². The van der Waals surface area contributed by atoms with E-state index in [9.17, 15) is 4.79 Å². The highest BCUT2D eigenvalue weighted by atomic mass is 16.1. The topological polar surface area (TPSA) is 23.6 Å². The van der Waals surface area contributed by atoms with Crippen LogP contribution in [0.2, 0.25) is 0 Å². The maximum atomic E-state index is 10.4. The van der Waals surface area contributed by atoms with Crippen molar-refractivity contribution >= 4 is 6.41 Å². The zero-order chi connectivity index (χ0) is 10.3. The Morgan fingerprint density at radius 1 is 1.38 bits per heavy atom. The highest BCUT2D eigenvalue weighted by Gasteiger charge is 2.18. The molecule has 0 aromatic rings. The second-order valence-electron chi connectivity index (χ2n) is 3.66. The summed E-state index contributed by atoms with van der Waals surface area (Å²) < 4.78 is 0. The Bertz CT molecular complexity index is 139. The van der Waals surface area contributed by atoms with Gasteiger partial charge in [0, 0.05) is 25.7 Å². The van der Waals surface area contributed by atoms with Crippen molar-refractivity contribution in [3.63, 3.8) is 0 Å². The minimum absolute atomic E-state index is 0.385. The molecule has 0 aliphatic carbocycles. The van der Waals surface area contributed by atoms with Crippen LogP contribution < -0.4 is 0 Å². The van der Waals surface area contributed by atoms with Gasteiger partial charge in [-0.25, -0.2) is 0 Å². The molecule has 0 spiro atoms. The summed E-state index contributed by atoms with van der Waals surface area (Å²) in [5, 5.41) is 0. The fraction of sp³-hybridized carbons (Fsp3) is 0.900. The fourth-order valence-corrected chi connectivity index (χ4v) is 1.31. The van der Waals surface area contributed by atoms with Gasteiger partial charge in [-0.3, -0.25) is 4.79 Å². The molecule has 0 saturated carbocycles. The molecule has 78 valence electrons. The first-order chi connectivity index (χ1) is 6.15. The Morgan fingerprint density at radius 2 is 1.92 bits per heavy atom. The Kier molecular flexibility index (Phi) is 6.59. The summed E-state index contributed by atoms with van der Waals surface area (Å²) in [6, 6.07) is 0.385. The smallest absolute Gasteiger partial charge is 0.210 e. The third-order valence-corrected chi connectivity index (χ3v) is 2.02. The number of likely N-dealkylation sites (N-methyl/N-ethyl adjacent to an activating group) is 1. The van der Waals surface area contributed by atoms with Gasteiger partial charge < -0.3 is 9.80 Å². The van der Waals surface area contributed by atoms with Crippen molar-refractivity contribution in [2.24, 2.45) is 0 Å². The normalized spacial score (nSPS) is 23.4. The van der Waals surface area contributed by atoms with Crippen LogP contribution in [0.3, 0.4) is 0 Å². The molecule has 1 atom stereocenters. The van der Waals surface area contributed by atoms with E-state index in [1.807, 2.05) is 4.90 Å². The number of amides is 1. The van der Waals surface area contributed by atoms with Crippen molar-refractivity contribution in [3.8, 4) is 0 Å². The van der Waals surface area contributed by atoms with Crippen LogP contribution in [0.15, 0.2) is 0 Å². The summed E-state index contributed by atoms with van der Waals surface area (Å²) in [7, 11) is 2.08. The van der Waals surface area contributed by atoms with Crippen molar-refractivity contribution in [2.45, 2.75) is 33.2 Å². The monoisotopic (exact) mass is 186 g/mol. The number of hydrogen-bond acceptors (Lipinski definition) is 2. The van der Waals surface area contributed by atoms with Crippen LogP contribution in [0.1, 0.15) is 27.2 Å². The molecular formula is C10H22N2O. The summed E-state index contributed by atoms with van der Waals surface area (Å²) >= 11 is 0. The molecule has 0 aromatic carbocycles. The Hall–Kier alpha value is -0.570. The molecule has 1 saturated heterocycles. The van der Waals surface area contributed by atoms with Gasteiger partial charge in [-0.2, -0.15) is 0 Å². The molecule has 1 unspecified atom stereocenters. The minimum Gasteiger partial charge on any atom is -0.340 e. The Morgan fingerprint density at radius 3 is 2.31 bits per heavy atom. The van der Waals surface area contributed by atoms with E-state index in [1.165, 1.54) is 6.42 Å². The average Bonchev–Trinajstić information content (AvgIpc) is 2.06. The highest BCUT2D eigenvalue weighted by Crippen LogP contribution is 2.03. The Labute approximate surface area is 81.7 Å². The predicted octanol–water partition coefficient (Wildman–Crippen LogP) is 1.19. The maximum Gasteiger partial charge on any atom is 0.210 e. The van der Waals surface area contributed by atoms with Crippen LogP contribution in [0.25, 0.3) is 0 Å². The summed E-state index contributed by atoms with van der Waals surface area (Å²) in [5.41, 5.74) is 0. The summed E-state index contributed by atoms with van der Waals surface area (Å²) in [6.45, 7) is 9.20. The van der Waals surface area contributed by atoms with Crippen LogP contribution in [0.5, 0.6) is 0 Å². The molecule has 3 nitrogen and oxygen atoms in total. The molecule has 1 rings (SSSR count). The van der Waals surface area contributed by atoms with E-state index in [-0.39, 0.29) is 0 Å². The summed E-state index contributed by atoms with van der Waals surface area (Å²) in [4.78, 5) is 14.5. The van der Waals surface area contributed by atoms with E-state index in [4.69, 9.17) is 0 Å². The third-order valence-electron chi connectivity index (χ3n) is 2.02. The lowest BCUT2D eigenvalue weighted by molar-refractivity contribution is -0.121. The summed E-state index contributed by atoms with van der Waals surface area (Å²) in [5.74, 6) is 0. The van der Waals surface area contributed by atoms with Crippen molar-refractivity contribution in [3.05, 3.63) is 0 Å². The standard InChI is InChI=1S/C7H14N2O.C3H8/c1-7-5-8(2)3-4-9(7)6-10;1-3-2/h6-7H,3-5H2,1-2H3;3H2,1-2H3. The number of carbonyl (C=O) groups is 1. The van der Waals surface area contributed by atoms with E-state index in [2.05, 4.69) is 32.7 Å². The molecule has 13 heavy (non-hydrogen) atoms. The van der Waals surface area contributed by atoms with E-state index < -0.39 is 0 Å². The molecule has 1 aliphatic rings. The number of carbonyl (C=O) groups excluding carboxylic acids is 1. The molecule has 0 radical (unpaired) electrons. The third kappa shape index (κ3) is 4.88. The van der Waals surface area contributed by atoms with Crippen LogP contribution in [-0.2, 0) is 4.79 Å². The van der Waals surface area contributed by atoms with Crippen molar-refractivity contribution in [1.82, 2.24) is 9.80 Å². The van der Waals surface area contributed by atoms with Crippen molar-refractivity contribution < 1.29 is 4.79 Å². The van der Waals surface area contributed by atoms with Crippen molar-refractivity contribution in [2.75, 3.05) is 26.7 Å². The molecule has 1 fully saturated rings. The molecule has 3 heteroatoms. The molecule has 1 heterocycles. The molecule has 0 N–H and O–H groups in total. The van der Waals surface area contributed by atoms with Gasteiger partial charge in [-0.05, 0) is 14.0 Å². The van der Waals surface area contributed by atoms with Gasteiger partial charge >= 0.3 is 0 Å². The van der Waals surface area contributed by atoms with Gasteiger partial charge in [0.2, 0.25) is 6.41 Å². The SMILES string of the molecule is CC1CN(C)CCN1C=O.CCC. The van der Waals surface area contributed by atoms with Crippen LogP contribution in [-0.4, -0.2) is 48.9 Å². The quantitative estimate of drug-likeness (QED) is 0.574. The first-order valence-corrected chi connectivity index (χ1v) is 5.05. The largest absolute Gasteiger partial charge is 0.340 e. The van der Waals surface area contributed by atoms with E-state index in [1.54, 1.807) is 0 Å². The number of nitrogens with zero attached hydrogens (tertiary/aromatic N) is 2. The lowest BCUT2D eigenvalue weighted by Gasteiger charge is -2.35. The van der Waals surface area contributed by atoms with Crippen LogP contribution >= 0.6 is 0 Å². The number of piperazine rings is 1. The zero-order valence-corrected chi connectivity index (χ0v) is 9.29. The average molecular weight is 186 g/mol. The summed E-state index contributed by atoms with van der Waals surface area (Å²) in [6.07, 6.45) is 2.19. The minimum atomic E-state index is 0.385. The van der Waals surface area contributed by atoms with Crippen LogP contribution in [0.4, 0.5) is 0 Å². The molecule has 0 aromatic heterocycles. The maximum absolute atomic E-state index is 10.4. The first-order valence-electron chi connectivity index (χ1n) is 5.05. The van der Waals surface area contributed by atoms with Gasteiger partial charge in [0.25, 0.3) is 0 Å². The lowest BCUT2D eigenvalue weighted by Crippen LogP contribution is -2.49. The van der Waals surface area contributed by atoms with Gasteiger partial charge in [0.05, 0.1) is 0 Å². The van der Waals surface area contributed by atoms with Crippen LogP contribution in [0, 0.1) is 0 Å². The fourth-order valence-electron chi connectivity index (χ4n) is 1.31. The molecular weight excluding hydrogens is 164 g/mol. The van der Waals surface area contributed by atoms with Gasteiger partial charge in [0.15, 0.2) is 0 Å². The number of rotatable bonds is 1. The predicted molar refractivity (Wildman–Crippen MR) is 55.7 cm³/mol. The number of hydrogen-bond donors (Lipinski definition) is 0. The van der Waals surface area contributed by atoms with Gasteiger partial charge in [-0.1, -0.05) is 20.3 Å². The highest BCUT2D eigenvalue weighted by molar-refractivity contribution is 5.47. The zero-order valence-electron chi connectivity index (χ0n) is 9.29.